The van der Waals surface area contributed by atoms with E-state index in [1.807, 2.05) is 0 Å². The van der Waals surface area contributed by atoms with E-state index in [1.54, 1.807) is 0 Å². The normalized spacial score (nSPS) is 12.4. The summed E-state index contributed by atoms with van der Waals surface area (Å²) >= 11 is 0. The van der Waals surface area contributed by atoms with E-state index in [0.717, 1.165) is 11.2 Å². The second-order valence-electron chi connectivity index (χ2n) is 4.13. The van der Waals surface area contributed by atoms with Gasteiger partial charge in [-0.2, -0.15) is 0 Å². The Morgan fingerprint density at radius 2 is 1.24 bits per heavy atom. The zero-order valence-electron chi connectivity index (χ0n) is 11.4. The number of hydrogen-bond acceptors (Lipinski definition) is 1. The molecule has 0 aromatic carbocycles. The van der Waals surface area contributed by atoms with Gasteiger partial charge < -0.3 is 26.5 Å². The van der Waals surface area contributed by atoms with Crippen LogP contribution in [0.15, 0.2) is 0 Å². The van der Waals surface area contributed by atoms with Gasteiger partial charge >= 0.3 is 7.25 Å². The maximum atomic E-state index is 9.75. The molecule has 0 aliphatic carbocycles. The summed E-state index contributed by atoms with van der Waals surface area (Å²) in [6, 6.07) is 0. The van der Waals surface area contributed by atoms with E-state index in [9.17, 15) is 17.3 Å². The van der Waals surface area contributed by atoms with Crippen LogP contribution in [0.4, 0.5) is 17.3 Å². The molecule has 0 bridgehead atoms. The molecule has 0 aliphatic heterocycles. The minimum Gasteiger partial charge on any atom is -0.418 e. The topological polar surface area (TPSA) is 9.23 Å². The van der Waals surface area contributed by atoms with E-state index < -0.39 is 7.25 Å². The van der Waals surface area contributed by atoms with Crippen LogP contribution in [0.5, 0.6) is 0 Å². The standard InChI is InChI=1S/C10H24NO.BF4/c1-6-11(7-2,8-3)9-12-10(4)5;2-1(3,4)5/h10H,6-9H2,1-5H3;/q+1;-1. The Hall–Kier alpha value is -0.295. The van der Waals surface area contributed by atoms with Gasteiger partial charge in [0, 0.05) is 0 Å². The molecule has 0 unspecified atom stereocenters. The van der Waals surface area contributed by atoms with Crippen LogP contribution in [-0.4, -0.2) is 44.2 Å². The van der Waals surface area contributed by atoms with Gasteiger partial charge in [-0.1, -0.05) is 0 Å². The Labute approximate surface area is 102 Å². The molecule has 0 aromatic rings. The Bertz CT molecular complexity index is 169. The van der Waals surface area contributed by atoms with Crippen molar-refractivity contribution in [1.82, 2.24) is 0 Å². The third-order valence-electron chi connectivity index (χ3n) is 2.69. The highest BCUT2D eigenvalue weighted by Crippen LogP contribution is 2.07. The van der Waals surface area contributed by atoms with Crippen LogP contribution in [0, 0.1) is 0 Å². The van der Waals surface area contributed by atoms with Crippen molar-refractivity contribution in [3.05, 3.63) is 0 Å². The van der Waals surface area contributed by atoms with E-state index in [0.29, 0.717) is 6.10 Å². The van der Waals surface area contributed by atoms with Gasteiger partial charge in [0.2, 0.25) is 0 Å². The first-order chi connectivity index (χ1) is 7.60. The molecule has 0 saturated carbocycles. The molecule has 2 nitrogen and oxygen atoms in total. The van der Waals surface area contributed by atoms with Gasteiger partial charge in [0.1, 0.15) is 0 Å². The Morgan fingerprint density at radius 1 is 0.941 bits per heavy atom. The molecule has 0 heterocycles. The van der Waals surface area contributed by atoms with E-state index >= 15 is 0 Å². The first-order valence-corrected chi connectivity index (χ1v) is 5.94. The molecule has 0 N–H and O–H groups in total. The van der Waals surface area contributed by atoms with Crippen molar-refractivity contribution in [2.24, 2.45) is 0 Å². The van der Waals surface area contributed by atoms with Gasteiger partial charge in [0.25, 0.3) is 0 Å². The number of quaternary nitrogens is 1. The van der Waals surface area contributed by atoms with E-state index in [-0.39, 0.29) is 0 Å². The third kappa shape index (κ3) is 13.6. The summed E-state index contributed by atoms with van der Waals surface area (Å²) in [5, 5.41) is 0. The molecule has 0 rings (SSSR count). The summed E-state index contributed by atoms with van der Waals surface area (Å²) in [4.78, 5) is 0. The average molecular weight is 261 g/mol. The first kappa shape index (κ1) is 19.1. The predicted octanol–water partition coefficient (Wildman–Crippen LogP) is 3.55. The van der Waals surface area contributed by atoms with Crippen molar-refractivity contribution in [3.8, 4) is 0 Å². The highest BCUT2D eigenvalue weighted by molar-refractivity contribution is 6.50. The second kappa shape index (κ2) is 8.75. The lowest BCUT2D eigenvalue weighted by Crippen LogP contribution is -2.49. The fraction of sp³-hybridized carbons (Fsp3) is 1.00. The van der Waals surface area contributed by atoms with Gasteiger partial charge in [-0.05, 0) is 34.6 Å². The van der Waals surface area contributed by atoms with Gasteiger partial charge in [-0.3, -0.25) is 0 Å². The molecule has 0 saturated heterocycles. The van der Waals surface area contributed by atoms with Crippen molar-refractivity contribution in [3.63, 3.8) is 0 Å². The molecule has 0 radical (unpaired) electrons. The van der Waals surface area contributed by atoms with Crippen molar-refractivity contribution >= 4 is 7.25 Å². The quantitative estimate of drug-likeness (QED) is 0.307. The Morgan fingerprint density at radius 3 is 1.41 bits per heavy atom. The lowest BCUT2D eigenvalue weighted by Gasteiger charge is -2.35. The summed E-state index contributed by atoms with van der Waals surface area (Å²) in [5.41, 5.74) is 0. The highest BCUT2D eigenvalue weighted by Gasteiger charge is 2.21. The fourth-order valence-electron chi connectivity index (χ4n) is 1.25. The van der Waals surface area contributed by atoms with Crippen molar-refractivity contribution in [2.45, 2.75) is 40.7 Å². The molecule has 106 valence electrons. The summed E-state index contributed by atoms with van der Waals surface area (Å²) in [5.74, 6) is 0. The van der Waals surface area contributed by atoms with E-state index in [4.69, 9.17) is 4.74 Å². The first-order valence-electron chi connectivity index (χ1n) is 5.94. The SMILES string of the molecule is CC[N+](CC)(CC)COC(C)C.F[B-](F)(F)F. The molecule has 0 fully saturated rings. The van der Waals surface area contributed by atoms with Crippen LogP contribution in [-0.2, 0) is 4.74 Å². The number of ether oxygens (including phenoxy) is 1. The van der Waals surface area contributed by atoms with Gasteiger partial charge in [0.05, 0.1) is 25.7 Å². The van der Waals surface area contributed by atoms with E-state index in [1.165, 1.54) is 19.6 Å². The molecular formula is C10H24BF4NO. The van der Waals surface area contributed by atoms with Crippen molar-refractivity contribution < 1.29 is 26.5 Å². The Balaban J connectivity index is 0. The molecule has 17 heavy (non-hydrogen) atoms. The van der Waals surface area contributed by atoms with Gasteiger partial charge in [0.15, 0.2) is 6.73 Å². The maximum absolute atomic E-state index is 9.75. The van der Waals surface area contributed by atoms with Crippen LogP contribution in [0.3, 0.4) is 0 Å². The number of hydrogen-bond donors (Lipinski definition) is 0. The molecule has 0 spiro atoms. The maximum Gasteiger partial charge on any atom is 0.673 e. The van der Waals surface area contributed by atoms with Crippen molar-refractivity contribution in [1.29, 1.82) is 0 Å². The number of nitrogens with zero attached hydrogens (tertiary/aromatic N) is 1. The van der Waals surface area contributed by atoms with Gasteiger partial charge in [-0.25, -0.2) is 0 Å². The Kier molecular flexibility index (Phi) is 9.80. The zero-order valence-corrected chi connectivity index (χ0v) is 11.4. The second-order valence-corrected chi connectivity index (χ2v) is 4.13. The fourth-order valence-corrected chi connectivity index (χ4v) is 1.25. The molecule has 7 heteroatoms. The largest absolute Gasteiger partial charge is 0.673 e. The summed E-state index contributed by atoms with van der Waals surface area (Å²) in [6.07, 6.45) is 0.354. The van der Waals surface area contributed by atoms with E-state index in [2.05, 4.69) is 34.6 Å². The summed E-state index contributed by atoms with van der Waals surface area (Å²) in [6.45, 7) is 15.2. The van der Waals surface area contributed by atoms with Crippen LogP contribution in [0.1, 0.15) is 34.6 Å². The predicted molar refractivity (Wildman–Crippen MR) is 63.2 cm³/mol. The molecule has 0 aliphatic rings. The number of halogens is 4. The molecule has 0 aromatic heterocycles. The molecular weight excluding hydrogens is 237 g/mol. The van der Waals surface area contributed by atoms with Gasteiger partial charge in [-0.15, -0.1) is 0 Å². The zero-order chi connectivity index (χ0) is 14.1. The smallest absolute Gasteiger partial charge is 0.418 e. The minimum absolute atomic E-state index is 0.354. The monoisotopic (exact) mass is 261 g/mol. The van der Waals surface area contributed by atoms with Crippen LogP contribution < -0.4 is 0 Å². The lowest BCUT2D eigenvalue weighted by molar-refractivity contribution is -0.941. The van der Waals surface area contributed by atoms with Crippen molar-refractivity contribution in [2.75, 3.05) is 26.4 Å². The summed E-state index contributed by atoms with van der Waals surface area (Å²) in [7, 11) is -6.00. The molecule has 0 atom stereocenters. The minimum atomic E-state index is -6.00. The average Bonchev–Trinajstić information content (AvgIpc) is 2.18. The number of rotatable bonds is 6. The summed E-state index contributed by atoms with van der Waals surface area (Å²) < 4.78 is 45.7. The molecule has 0 amide bonds. The van der Waals surface area contributed by atoms with Crippen LogP contribution >= 0.6 is 0 Å². The third-order valence-corrected chi connectivity index (χ3v) is 2.69. The van der Waals surface area contributed by atoms with Crippen LogP contribution in [0.2, 0.25) is 0 Å². The highest BCUT2D eigenvalue weighted by atomic mass is 19.5. The van der Waals surface area contributed by atoms with Crippen LogP contribution in [0.25, 0.3) is 0 Å². The lowest BCUT2D eigenvalue weighted by atomic mass is 10.3.